The van der Waals surface area contributed by atoms with Crippen LogP contribution in [0.4, 0.5) is 0 Å². The van der Waals surface area contributed by atoms with Gasteiger partial charge in [0.05, 0.1) is 11.4 Å². The number of hydrogen-bond acceptors (Lipinski definition) is 5. The van der Waals surface area contributed by atoms with E-state index in [4.69, 9.17) is 4.52 Å². The summed E-state index contributed by atoms with van der Waals surface area (Å²) in [6.07, 6.45) is 0. The Morgan fingerprint density at radius 3 is 2.61 bits per heavy atom. The Labute approximate surface area is 105 Å². The number of nitrogens with one attached hydrogen (secondary N) is 1. The first-order valence-electron chi connectivity index (χ1n) is 5.33. The molecule has 1 aromatic heterocycles. The molecule has 7 heteroatoms. The molecular weight excluding hydrogens is 254 g/mol. The van der Waals surface area contributed by atoms with Crippen molar-refractivity contribution in [1.29, 1.82) is 0 Å². The number of hydrogen-bond donors (Lipinski definition) is 1. The molecule has 0 aliphatic carbocycles. The summed E-state index contributed by atoms with van der Waals surface area (Å²) in [5.74, 6) is 0.713. The summed E-state index contributed by atoms with van der Waals surface area (Å²) in [5, 5.41) is 3.62. The fraction of sp³-hybridized carbons (Fsp3) is 0.273. The van der Waals surface area contributed by atoms with Gasteiger partial charge < -0.3 is 4.52 Å². The summed E-state index contributed by atoms with van der Waals surface area (Å²) >= 11 is 0. The molecule has 2 rings (SSSR count). The first-order chi connectivity index (χ1) is 8.49. The molecule has 96 valence electrons. The molecule has 6 nitrogen and oxygen atoms in total. The second-order valence-corrected chi connectivity index (χ2v) is 5.56. The summed E-state index contributed by atoms with van der Waals surface area (Å²) in [5.41, 5.74) is 0.689. The van der Waals surface area contributed by atoms with E-state index in [0.29, 0.717) is 17.3 Å². The van der Waals surface area contributed by atoms with Gasteiger partial charge in [-0.2, -0.15) is 4.98 Å². The predicted molar refractivity (Wildman–Crippen MR) is 64.2 cm³/mol. The van der Waals surface area contributed by atoms with E-state index >= 15 is 0 Å². The average molecular weight is 267 g/mol. The molecule has 1 aromatic carbocycles. The molecule has 0 atom stereocenters. The SMILES string of the molecule is Cc1nc(CNS(=O)(=O)c2ccccc2C)no1. The topological polar surface area (TPSA) is 85.1 Å². The predicted octanol–water partition coefficient (Wildman–Crippen LogP) is 1.16. The van der Waals surface area contributed by atoms with Crippen LogP contribution in [0.2, 0.25) is 0 Å². The molecule has 0 saturated carbocycles. The third-order valence-electron chi connectivity index (χ3n) is 2.37. The van der Waals surface area contributed by atoms with Gasteiger partial charge in [0.2, 0.25) is 15.9 Å². The first-order valence-corrected chi connectivity index (χ1v) is 6.82. The molecule has 1 N–H and O–H groups in total. The lowest BCUT2D eigenvalue weighted by Gasteiger charge is -2.07. The summed E-state index contributed by atoms with van der Waals surface area (Å²) in [4.78, 5) is 4.18. The maximum absolute atomic E-state index is 12.0. The lowest BCUT2D eigenvalue weighted by Crippen LogP contribution is -2.24. The molecule has 0 aliphatic heterocycles. The Balaban J connectivity index is 2.16. The van der Waals surface area contributed by atoms with Gasteiger partial charge in [-0.25, -0.2) is 13.1 Å². The van der Waals surface area contributed by atoms with Crippen molar-refractivity contribution in [2.24, 2.45) is 0 Å². The Bertz CT molecular complexity index is 649. The molecule has 0 fully saturated rings. The van der Waals surface area contributed by atoms with E-state index in [2.05, 4.69) is 14.9 Å². The lowest BCUT2D eigenvalue weighted by molar-refractivity contribution is 0.387. The van der Waals surface area contributed by atoms with Crippen LogP contribution in [0.15, 0.2) is 33.7 Å². The van der Waals surface area contributed by atoms with Crippen LogP contribution in [-0.2, 0) is 16.6 Å². The van der Waals surface area contributed by atoms with Crippen LogP contribution in [-0.4, -0.2) is 18.6 Å². The molecule has 0 bridgehead atoms. The number of rotatable bonds is 4. The van der Waals surface area contributed by atoms with Crippen LogP contribution in [0.3, 0.4) is 0 Å². The Hall–Kier alpha value is -1.73. The highest BCUT2D eigenvalue weighted by Crippen LogP contribution is 2.13. The average Bonchev–Trinajstić information content (AvgIpc) is 2.73. The third kappa shape index (κ3) is 2.74. The molecular formula is C11H13N3O3S. The van der Waals surface area contributed by atoms with Crippen LogP contribution < -0.4 is 4.72 Å². The molecule has 0 radical (unpaired) electrons. The monoisotopic (exact) mass is 267 g/mol. The highest BCUT2D eigenvalue weighted by atomic mass is 32.2. The van der Waals surface area contributed by atoms with E-state index < -0.39 is 10.0 Å². The van der Waals surface area contributed by atoms with Crippen molar-refractivity contribution in [3.63, 3.8) is 0 Å². The Kier molecular flexibility index (Phi) is 3.44. The minimum absolute atomic E-state index is 0.00794. The van der Waals surface area contributed by atoms with Crippen LogP contribution in [0.1, 0.15) is 17.3 Å². The number of nitrogens with zero attached hydrogens (tertiary/aromatic N) is 2. The zero-order valence-electron chi connectivity index (χ0n) is 10.0. The molecule has 0 unspecified atom stereocenters. The van der Waals surface area contributed by atoms with E-state index in [1.807, 2.05) is 0 Å². The normalized spacial score (nSPS) is 11.7. The zero-order chi connectivity index (χ0) is 13.2. The van der Waals surface area contributed by atoms with Crippen molar-refractivity contribution >= 4 is 10.0 Å². The van der Waals surface area contributed by atoms with Crippen molar-refractivity contribution < 1.29 is 12.9 Å². The fourth-order valence-electron chi connectivity index (χ4n) is 1.51. The van der Waals surface area contributed by atoms with E-state index in [1.54, 1.807) is 38.1 Å². The van der Waals surface area contributed by atoms with Crippen molar-refractivity contribution in [3.05, 3.63) is 41.5 Å². The van der Waals surface area contributed by atoms with E-state index in [-0.39, 0.29) is 11.4 Å². The van der Waals surface area contributed by atoms with Crippen LogP contribution in [0.25, 0.3) is 0 Å². The quantitative estimate of drug-likeness (QED) is 0.898. The van der Waals surface area contributed by atoms with Gasteiger partial charge in [-0.15, -0.1) is 0 Å². The van der Waals surface area contributed by atoms with Gasteiger partial charge in [0.1, 0.15) is 0 Å². The molecule has 0 spiro atoms. The van der Waals surface area contributed by atoms with Crippen molar-refractivity contribution in [3.8, 4) is 0 Å². The highest BCUT2D eigenvalue weighted by molar-refractivity contribution is 7.89. The zero-order valence-corrected chi connectivity index (χ0v) is 10.9. The number of aromatic nitrogens is 2. The van der Waals surface area contributed by atoms with Gasteiger partial charge in [0.15, 0.2) is 5.82 Å². The van der Waals surface area contributed by atoms with E-state index in [1.165, 1.54) is 0 Å². The standard InChI is InChI=1S/C11H13N3O3S/c1-8-5-3-4-6-10(8)18(15,16)12-7-11-13-9(2)17-14-11/h3-6,12H,7H2,1-2H3. The van der Waals surface area contributed by atoms with Gasteiger partial charge in [-0.1, -0.05) is 23.4 Å². The van der Waals surface area contributed by atoms with Crippen LogP contribution in [0, 0.1) is 13.8 Å². The highest BCUT2D eigenvalue weighted by Gasteiger charge is 2.16. The fourth-order valence-corrected chi connectivity index (χ4v) is 2.73. The van der Waals surface area contributed by atoms with Crippen LogP contribution in [0.5, 0.6) is 0 Å². The van der Waals surface area contributed by atoms with Crippen molar-refractivity contribution in [1.82, 2.24) is 14.9 Å². The second-order valence-electron chi connectivity index (χ2n) is 3.82. The minimum atomic E-state index is -3.55. The Morgan fingerprint density at radius 2 is 2.00 bits per heavy atom. The van der Waals surface area contributed by atoms with Gasteiger partial charge in [0.25, 0.3) is 0 Å². The lowest BCUT2D eigenvalue weighted by atomic mass is 10.2. The van der Waals surface area contributed by atoms with Gasteiger partial charge in [0, 0.05) is 6.92 Å². The Morgan fingerprint density at radius 1 is 1.28 bits per heavy atom. The molecule has 2 aromatic rings. The number of sulfonamides is 1. The third-order valence-corrected chi connectivity index (χ3v) is 3.93. The maximum atomic E-state index is 12.0. The van der Waals surface area contributed by atoms with Gasteiger partial charge in [-0.05, 0) is 18.6 Å². The number of benzene rings is 1. The number of aryl methyl sites for hydroxylation is 2. The molecule has 0 amide bonds. The first kappa shape index (κ1) is 12.7. The molecule has 18 heavy (non-hydrogen) atoms. The summed E-state index contributed by atoms with van der Waals surface area (Å²) in [6, 6.07) is 6.77. The second kappa shape index (κ2) is 4.87. The molecule has 0 saturated heterocycles. The van der Waals surface area contributed by atoms with E-state index in [9.17, 15) is 8.42 Å². The van der Waals surface area contributed by atoms with Crippen molar-refractivity contribution in [2.45, 2.75) is 25.3 Å². The largest absolute Gasteiger partial charge is 0.340 e. The summed E-state index contributed by atoms with van der Waals surface area (Å²) in [6.45, 7) is 3.40. The molecule has 0 aliphatic rings. The van der Waals surface area contributed by atoms with Crippen LogP contribution >= 0.6 is 0 Å². The minimum Gasteiger partial charge on any atom is -0.340 e. The van der Waals surface area contributed by atoms with Gasteiger partial charge in [-0.3, -0.25) is 0 Å². The summed E-state index contributed by atoms with van der Waals surface area (Å²) in [7, 11) is -3.55. The van der Waals surface area contributed by atoms with Gasteiger partial charge >= 0.3 is 0 Å². The smallest absolute Gasteiger partial charge is 0.241 e. The maximum Gasteiger partial charge on any atom is 0.241 e. The molecule has 1 heterocycles. The van der Waals surface area contributed by atoms with E-state index in [0.717, 1.165) is 0 Å². The summed E-state index contributed by atoms with van der Waals surface area (Å²) < 4.78 is 31.3. The van der Waals surface area contributed by atoms with Crippen molar-refractivity contribution in [2.75, 3.05) is 0 Å².